The number of benzene rings is 4. The monoisotopic (exact) mass is 449 g/mol. The molecule has 0 spiro atoms. The van der Waals surface area contributed by atoms with Crippen molar-refractivity contribution in [2.24, 2.45) is 5.73 Å². The molecule has 5 aromatic rings. The number of ether oxygens (including phenoxy) is 2. The first-order valence-corrected chi connectivity index (χ1v) is 11.1. The molecule has 1 aromatic heterocycles. The highest BCUT2D eigenvalue weighted by Crippen LogP contribution is 2.33. The fraction of sp³-hybridized carbons (Fsp3) is 0.138. The molecule has 34 heavy (non-hydrogen) atoms. The zero-order valence-corrected chi connectivity index (χ0v) is 19.0. The number of primary amides is 1. The molecule has 0 aliphatic heterocycles. The second kappa shape index (κ2) is 9.41. The van der Waals surface area contributed by atoms with Crippen molar-refractivity contribution >= 4 is 27.7 Å². The molecule has 0 atom stereocenters. The van der Waals surface area contributed by atoms with E-state index in [0.29, 0.717) is 25.3 Å². The lowest BCUT2D eigenvalue weighted by molar-refractivity contribution is 0.100. The van der Waals surface area contributed by atoms with Gasteiger partial charge in [-0.1, -0.05) is 48.5 Å². The Labute approximate surface area is 198 Å². The zero-order valence-electron chi connectivity index (χ0n) is 19.0. The Morgan fingerprint density at radius 1 is 0.882 bits per heavy atom. The van der Waals surface area contributed by atoms with E-state index in [1.807, 2.05) is 60.7 Å². The second-order valence-corrected chi connectivity index (χ2v) is 8.27. The molecule has 2 N–H and O–H groups in total. The SMILES string of the molecule is COCc1c[c]c2c3c(C(N)=O)cccc3n(Cc3ccc(OCc4ccccc4)cc3)c2c1. The topological polar surface area (TPSA) is 66.5 Å². The lowest BCUT2D eigenvalue weighted by Gasteiger charge is -2.11. The van der Waals surface area contributed by atoms with Gasteiger partial charge in [-0.3, -0.25) is 4.79 Å². The molecule has 1 heterocycles. The summed E-state index contributed by atoms with van der Waals surface area (Å²) in [5, 5.41) is 1.71. The Bertz CT molecular complexity index is 1450. The van der Waals surface area contributed by atoms with Gasteiger partial charge in [-0.15, -0.1) is 0 Å². The summed E-state index contributed by atoms with van der Waals surface area (Å²) in [5.41, 5.74) is 11.4. The summed E-state index contributed by atoms with van der Waals surface area (Å²) in [6.07, 6.45) is 0. The van der Waals surface area contributed by atoms with Gasteiger partial charge >= 0.3 is 0 Å². The van der Waals surface area contributed by atoms with Crippen LogP contribution in [-0.4, -0.2) is 17.6 Å². The van der Waals surface area contributed by atoms with E-state index in [0.717, 1.165) is 44.2 Å². The van der Waals surface area contributed by atoms with E-state index in [1.54, 1.807) is 13.2 Å². The molecule has 1 radical (unpaired) electrons. The molecular formula is C29H25N2O3. The molecule has 169 valence electrons. The van der Waals surface area contributed by atoms with E-state index in [1.165, 1.54) is 0 Å². The quantitative estimate of drug-likeness (QED) is 0.342. The van der Waals surface area contributed by atoms with Crippen LogP contribution in [0.3, 0.4) is 0 Å². The van der Waals surface area contributed by atoms with E-state index in [9.17, 15) is 4.79 Å². The number of amides is 1. The zero-order chi connectivity index (χ0) is 23.5. The minimum Gasteiger partial charge on any atom is -0.489 e. The van der Waals surface area contributed by atoms with Gasteiger partial charge in [0.15, 0.2) is 0 Å². The van der Waals surface area contributed by atoms with Crippen molar-refractivity contribution in [1.82, 2.24) is 4.57 Å². The van der Waals surface area contributed by atoms with E-state index >= 15 is 0 Å². The third kappa shape index (κ3) is 4.26. The summed E-state index contributed by atoms with van der Waals surface area (Å²) < 4.78 is 13.5. The number of aromatic nitrogens is 1. The first-order chi connectivity index (χ1) is 16.6. The van der Waals surface area contributed by atoms with E-state index < -0.39 is 5.91 Å². The minimum absolute atomic E-state index is 0.445. The minimum atomic E-state index is -0.445. The molecule has 0 bridgehead atoms. The summed E-state index contributed by atoms with van der Waals surface area (Å²) in [6.45, 7) is 1.65. The fourth-order valence-electron chi connectivity index (χ4n) is 4.34. The van der Waals surface area contributed by atoms with Crippen LogP contribution in [0.25, 0.3) is 21.8 Å². The maximum Gasteiger partial charge on any atom is 0.249 e. The molecule has 0 fully saturated rings. The number of fused-ring (bicyclic) bond motifs is 3. The fourth-order valence-corrected chi connectivity index (χ4v) is 4.34. The Morgan fingerprint density at radius 3 is 2.41 bits per heavy atom. The molecule has 0 aliphatic rings. The second-order valence-electron chi connectivity index (χ2n) is 8.27. The number of hydrogen-bond acceptors (Lipinski definition) is 3. The van der Waals surface area contributed by atoms with Crippen molar-refractivity contribution in [1.29, 1.82) is 0 Å². The lowest BCUT2D eigenvalue weighted by atomic mass is 10.0. The van der Waals surface area contributed by atoms with E-state index in [4.69, 9.17) is 15.2 Å². The smallest absolute Gasteiger partial charge is 0.249 e. The molecule has 0 aliphatic carbocycles. The van der Waals surface area contributed by atoms with E-state index in [-0.39, 0.29) is 0 Å². The van der Waals surface area contributed by atoms with Gasteiger partial charge in [0.1, 0.15) is 12.4 Å². The van der Waals surface area contributed by atoms with Crippen LogP contribution in [0.2, 0.25) is 0 Å². The summed E-state index contributed by atoms with van der Waals surface area (Å²) in [4.78, 5) is 12.2. The third-order valence-corrected chi connectivity index (χ3v) is 5.94. The summed E-state index contributed by atoms with van der Waals surface area (Å²) >= 11 is 0. The van der Waals surface area contributed by atoms with Crippen molar-refractivity contribution in [3.8, 4) is 5.75 Å². The maximum atomic E-state index is 12.2. The van der Waals surface area contributed by atoms with Crippen LogP contribution in [0.5, 0.6) is 5.75 Å². The van der Waals surface area contributed by atoms with E-state index in [2.05, 4.69) is 28.8 Å². The number of rotatable bonds is 8. The summed E-state index contributed by atoms with van der Waals surface area (Å²) in [6, 6.07) is 31.2. The van der Waals surface area contributed by atoms with Crippen molar-refractivity contribution in [2.45, 2.75) is 19.8 Å². The Balaban J connectivity index is 1.50. The van der Waals surface area contributed by atoms with Crippen molar-refractivity contribution in [3.63, 3.8) is 0 Å². The molecule has 0 saturated carbocycles. The average molecular weight is 450 g/mol. The van der Waals surface area contributed by atoms with Crippen molar-refractivity contribution in [3.05, 3.63) is 113 Å². The van der Waals surface area contributed by atoms with Gasteiger partial charge in [-0.05, 0) is 59.2 Å². The molecular weight excluding hydrogens is 424 g/mol. The standard InChI is InChI=1S/C29H25N2O3/c1-33-18-22-12-15-24-27(16-22)31(26-9-5-8-25(28(24)26)29(30)32)17-20-10-13-23(14-11-20)34-19-21-6-3-2-4-7-21/h2-14,16H,17-19H2,1H3,(H2,30,32). The number of methoxy groups -OCH3 is 1. The highest BCUT2D eigenvalue weighted by molar-refractivity contribution is 6.17. The molecule has 5 rings (SSSR count). The molecule has 5 nitrogen and oxygen atoms in total. The highest BCUT2D eigenvalue weighted by Gasteiger charge is 2.17. The van der Waals surface area contributed by atoms with Crippen LogP contribution in [0.4, 0.5) is 0 Å². The lowest BCUT2D eigenvalue weighted by Crippen LogP contribution is -2.11. The number of carbonyl (C=O) groups is 1. The normalized spacial score (nSPS) is 11.2. The van der Waals surface area contributed by atoms with Gasteiger partial charge in [-0.2, -0.15) is 0 Å². The van der Waals surface area contributed by atoms with Gasteiger partial charge in [-0.25, -0.2) is 0 Å². The Kier molecular flexibility index (Phi) is 6.02. The third-order valence-electron chi connectivity index (χ3n) is 5.94. The number of hydrogen-bond donors (Lipinski definition) is 1. The first kappa shape index (κ1) is 21.7. The molecule has 4 aromatic carbocycles. The van der Waals surface area contributed by atoms with Gasteiger partial charge in [0, 0.05) is 30.0 Å². The van der Waals surface area contributed by atoms with Gasteiger partial charge in [0.25, 0.3) is 0 Å². The number of nitrogens with two attached hydrogens (primary N) is 1. The van der Waals surface area contributed by atoms with Crippen LogP contribution >= 0.6 is 0 Å². The summed E-state index contributed by atoms with van der Waals surface area (Å²) in [5.74, 6) is 0.375. The predicted octanol–water partition coefficient (Wildman–Crippen LogP) is 5.47. The van der Waals surface area contributed by atoms with Crippen LogP contribution in [-0.2, 0) is 24.5 Å². The number of carbonyl (C=O) groups excluding carboxylic acids is 1. The Hall–Kier alpha value is -4.09. The molecule has 0 saturated heterocycles. The molecule has 0 unspecified atom stereocenters. The number of nitrogens with zero attached hydrogens (tertiary/aromatic N) is 1. The van der Waals surface area contributed by atoms with Crippen LogP contribution < -0.4 is 10.5 Å². The van der Waals surface area contributed by atoms with Crippen molar-refractivity contribution < 1.29 is 14.3 Å². The average Bonchev–Trinajstić information content (AvgIpc) is 3.17. The van der Waals surface area contributed by atoms with Crippen molar-refractivity contribution in [2.75, 3.05) is 7.11 Å². The largest absolute Gasteiger partial charge is 0.489 e. The van der Waals surface area contributed by atoms with Crippen LogP contribution in [0.15, 0.2) is 84.9 Å². The molecule has 5 heteroatoms. The van der Waals surface area contributed by atoms with Crippen LogP contribution in [0, 0.1) is 6.07 Å². The highest BCUT2D eigenvalue weighted by atomic mass is 16.5. The maximum absolute atomic E-state index is 12.2. The molecule has 1 amide bonds. The van der Waals surface area contributed by atoms with Gasteiger partial charge < -0.3 is 19.8 Å². The summed E-state index contributed by atoms with van der Waals surface area (Å²) in [7, 11) is 1.67. The predicted molar refractivity (Wildman–Crippen MR) is 134 cm³/mol. The van der Waals surface area contributed by atoms with Crippen LogP contribution in [0.1, 0.15) is 27.0 Å². The van der Waals surface area contributed by atoms with Gasteiger partial charge in [0.2, 0.25) is 5.91 Å². The Morgan fingerprint density at radius 2 is 1.68 bits per heavy atom. The van der Waals surface area contributed by atoms with Gasteiger partial charge in [0.05, 0.1) is 17.6 Å². The first-order valence-electron chi connectivity index (χ1n) is 11.1.